The summed E-state index contributed by atoms with van der Waals surface area (Å²) in [6.07, 6.45) is 0.124. The van der Waals surface area contributed by atoms with Gasteiger partial charge < -0.3 is 4.90 Å². The van der Waals surface area contributed by atoms with E-state index in [1.807, 2.05) is 0 Å². The molecule has 0 radical (unpaired) electrons. The summed E-state index contributed by atoms with van der Waals surface area (Å²) in [4.78, 5) is 5.09. The lowest BCUT2D eigenvalue weighted by Crippen LogP contribution is -2.36. The maximum Gasteiger partial charge on any atom is 0.405 e. The Morgan fingerprint density at radius 1 is 1.39 bits per heavy atom. The summed E-state index contributed by atoms with van der Waals surface area (Å²) < 4.78 is 39.1. The van der Waals surface area contributed by atoms with Gasteiger partial charge in [0.1, 0.15) is 12.9 Å². The van der Waals surface area contributed by atoms with Gasteiger partial charge in [-0.15, -0.1) is 10.2 Å². The molecule has 0 N–H and O–H groups in total. The fraction of sp³-hybridized carbons (Fsp3) is 0.444. The van der Waals surface area contributed by atoms with E-state index in [4.69, 9.17) is 0 Å². The molecule has 18 heavy (non-hydrogen) atoms. The molecule has 0 aromatic carbocycles. The van der Waals surface area contributed by atoms with Crippen molar-refractivity contribution < 1.29 is 13.2 Å². The van der Waals surface area contributed by atoms with Crippen LogP contribution >= 0.6 is 15.9 Å². The molecule has 0 bridgehead atoms. The second-order valence-corrected chi connectivity index (χ2v) is 4.33. The average Bonchev–Trinajstić information content (AvgIpc) is 2.74. The van der Waals surface area contributed by atoms with Gasteiger partial charge in [0.15, 0.2) is 5.82 Å². The summed E-state index contributed by atoms with van der Waals surface area (Å²) in [5, 5.41) is 7.83. The minimum Gasteiger partial charge on any atom is -0.344 e. The molecule has 0 saturated heterocycles. The van der Waals surface area contributed by atoms with Gasteiger partial charge >= 0.3 is 6.18 Å². The number of aromatic nitrogens is 4. The molecule has 0 atom stereocenters. The van der Waals surface area contributed by atoms with Gasteiger partial charge in [-0.3, -0.25) is 4.40 Å². The molecule has 0 aliphatic heterocycles. The first kappa shape index (κ1) is 13.1. The fourth-order valence-corrected chi connectivity index (χ4v) is 1.97. The maximum absolute atomic E-state index is 12.5. The quantitative estimate of drug-likeness (QED) is 0.806. The Morgan fingerprint density at radius 3 is 2.83 bits per heavy atom. The maximum atomic E-state index is 12.5. The van der Waals surface area contributed by atoms with E-state index in [1.165, 1.54) is 16.9 Å². The lowest BCUT2D eigenvalue weighted by Gasteiger charge is -2.23. The van der Waals surface area contributed by atoms with Crippen LogP contribution in [0.1, 0.15) is 0 Å². The van der Waals surface area contributed by atoms with Crippen LogP contribution in [0.25, 0.3) is 5.65 Å². The van der Waals surface area contributed by atoms with E-state index in [0.717, 1.165) is 4.90 Å². The molecule has 0 amide bonds. The third-order valence-electron chi connectivity index (χ3n) is 2.22. The Morgan fingerprint density at radius 2 is 2.17 bits per heavy atom. The van der Waals surface area contributed by atoms with E-state index in [9.17, 15) is 13.2 Å². The standard InChI is InChI=1S/C9H9BrF3N5/c10-1-3-17(5-9(11,12)13)7-8-16-15-6-18(8)4-2-14-7/h2,4,6H,1,3,5H2. The molecule has 2 aromatic heterocycles. The highest BCUT2D eigenvalue weighted by molar-refractivity contribution is 9.09. The minimum absolute atomic E-state index is 0.173. The summed E-state index contributed by atoms with van der Waals surface area (Å²) in [6, 6.07) is 0. The number of halogens is 4. The molecule has 0 unspecified atom stereocenters. The summed E-state index contributed by atoms with van der Waals surface area (Å²) in [6.45, 7) is -0.892. The van der Waals surface area contributed by atoms with E-state index in [0.29, 0.717) is 11.0 Å². The number of alkyl halides is 4. The number of hydrogen-bond donors (Lipinski definition) is 0. The van der Waals surface area contributed by atoms with Crippen molar-refractivity contribution in [2.75, 3.05) is 23.3 Å². The largest absolute Gasteiger partial charge is 0.405 e. The molecule has 0 spiro atoms. The third-order valence-corrected chi connectivity index (χ3v) is 2.58. The molecule has 0 aliphatic carbocycles. The van der Waals surface area contributed by atoms with E-state index in [-0.39, 0.29) is 12.4 Å². The molecule has 2 heterocycles. The second-order valence-electron chi connectivity index (χ2n) is 3.54. The van der Waals surface area contributed by atoms with Crippen LogP contribution in [0.3, 0.4) is 0 Å². The molecule has 98 valence electrons. The van der Waals surface area contributed by atoms with Gasteiger partial charge in [-0.1, -0.05) is 15.9 Å². The van der Waals surface area contributed by atoms with E-state index >= 15 is 0 Å². The first-order chi connectivity index (χ1) is 8.51. The summed E-state index contributed by atoms with van der Waals surface area (Å²) in [5.74, 6) is 0.173. The highest BCUT2D eigenvalue weighted by Crippen LogP contribution is 2.22. The van der Waals surface area contributed by atoms with Crippen molar-refractivity contribution in [1.82, 2.24) is 19.6 Å². The number of hydrogen-bond acceptors (Lipinski definition) is 4. The highest BCUT2D eigenvalue weighted by atomic mass is 79.9. The summed E-state index contributed by atoms with van der Waals surface area (Å²) in [7, 11) is 0. The number of anilines is 1. The van der Waals surface area contributed by atoms with Crippen molar-refractivity contribution in [2.24, 2.45) is 0 Å². The van der Waals surface area contributed by atoms with Crippen molar-refractivity contribution in [3.8, 4) is 0 Å². The van der Waals surface area contributed by atoms with Gasteiger partial charge in [-0.25, -0.2) is 4.98 Å². The predicted molar refractivity (Wildman–Crippen MR) is 62.8 cm³/mol. The molecule has 0 aliphatic rings. The molecular weight excluding hydrogens is 315 g/mol. The molecule has 9 heteroatoms. The van der Waals surface area contributed by atoms with Crippen molar-refractivity contribution >= 4 is 27.4 Å². The van der Waals surface area contributed by atoms with Crippen LogP contribution in [0.5, 0.6) is 0 Å². The molecule has 0 saturated carbocycles. The van der Waals surface area contributed by atoms with Gasteiger partial charge in [0.25, 0.3) is 0 Å². The van der Waals surface area contributed by atoms with Gasteiger partial charge in [0, 0.05) is 24.3 Å². The Bertz CT molecular complexity index is 526. The van der Waals surface area contributed by atoms with Gasteiger partial charge in [0.2, 0.25) is 5.65 Å². The van der Waals surface area contributed by atoms with Crippen LogP contribution in [0, 0.1) is 0 Å². The molecule has 5 nitrogen and oxygen atoms in total. The summed E-state index contributed by atoms with van der Waals surface area (Å²) in [5.41, 5.74) is 0.308. The van der Waals surface area contributed by atoms with E-state index < -0.39 is 12.7 Å². The van der Waals surface area contributed by atoms with E-state index in [1.54, 1.807) is 6.20 Å². The van der Waals surface area contributed by atoms with Gasteiger partial charge in [-0.2, -0.15) is 13.2 Å². The van der Waals surface area contributed by atoms with Crippen LogP contribution in [-0.2, 0) is 0 Å². The number of fused-ring (bicyclic) bond motifs is 1. The van der Waals surface area contributed by atoms with Gasteiger partial charge in [0.05, 0.1) is 0 Å². The van der Waals surface area contributed by atoms with Crippen molar-refractivity contribution in [3.63, 3.8) is 0 Å². The van der Waals surface area contributed by atoms with Crippen molar-refractivity contribution in [1.29, 1.82) is 0 Å². The average molecular weight is 324 g/mol. The Labute approximate surface area is 109 Å². The Balaban J connectivity index is 2.38. The number of nitrogens with zero attached hydrogens (tertiary/aromatic N) is 5. The zero-order chi connectivity index (χ0) is 13.2. The molecular formula is C9H9BrF3N5. The van der Waals surface area contributed by atoms with Crippen LogP contribution < -0.4 is 4.90 Å². The Hall–Kier alpha value is -1.38. The zero-order valence-electron chi connectivity index (χ0n) is 9.10. The molecule has 2 rings (SSSR count). The van der Waals surface area contributed by atoms with Crippen LogP contribution in [-0.4, -0.2) is 44.2 Å². The highest BCUT2D eigenvalue weighted by Gasteiger charge is 2.32. The Kier molecular flexibility index (Phi) is 3.69. The topological polar surface area (TPSA) is 46.3 Å². The first-order valence-corrected chi connectivity index (χ1v) is 6.15. The summed E-state index contributed by atoms with van der Waals surface area (Å²) >= 11 is 3.13. The third kappa shape index (κ3) is 2.89. The second kappa shape index (κ2) is 5.09. The monoisotopic (exact) mass is 323 g/mol. The predicted octanol–water partition coefficient (Wildman–Crippen LogP) is 1.89. The van der Waals surface area contributed by atoms with Crippen molar-refractivity contribution in [3.05, 3.63) is 18.7 Å². The first-order valence-electron chi connectivity index (χ1n) is 5.03. The zero-order valence-corrected chi connectivity index (χ0v) is 10.7. The molecule has 2 aromatic rings. The van der Waals surface area contributed by atoms with E-state index in [2.05, 4.69) is 31.1 Å². The van der Waals surface area contributed by atoms with Gasteiger partial charge in [-0.05, 0) is 0 Å². The number of rotatable bonds is 4. The van der Waals surface area contributed by atoms with Crippen LogP contribution in [0.2, 0.25) is 0 Å². The smallest absolute Gasteiger partial charge is 0.344 e. The lowest BCUT2D eigenvalue weighted by atomic mass is 10.4. The van der Waals surface area contributed by atoms with Crippen LogP contribution in [0.15, 0.2) is 18.7 Å². The van der Waals surface area contributed by atoms with Crippen LogP contribution in [0.4, 0.5) is 19.0 Å². The lowest BCUT2D eigenvalue weighted by molar-refractivity contribution is -0.119. The van der Waals surface area contributed by atoms with Crippen molar-refractivity contribution in [2.45, 2.75) is 6.18 Å². The normalized spacial score (nSPS) is 12.0. The fourth-order valence-electron chi connectivity index (χ4n) is 1.55. The SMILES string of the molecule is FC(F)(F)CN(CCBr)c1nccn2cnnc12. The molecule has 0 fully saturated rings. The minimum atomic E-state index is -4.29.